The molecular formula is C44H89N2O7P. The molecule has 0 aliphatic heterocycles. The molecule has 0 spiro atoms. The molecule has 9 nitrogen and oxygen atoms in total. The van der Waals surface area contributed by atoms with Gasteiger partial charge in [-0.3, -0.25) is 13.8 Å². The normalized spacial score (nSPS) is 14.7. The fraction of sp³-hybridized carbons (Fsp3) is 0.932. The largest absolute Gasteiger partial charge is 0.472 e. The molecule has 0 heterocycles. The zero-order valence-electron chi connectivity index (χ0n) is 35.3. The molecule has 1 amide bonds. The van der Waals surface area contributed by atoms with Gasteiger partial charge >= 0.3 is 7.82 Å². The van der Waals surface area contributed by atoms with E-state index in [1.54, 1.807) is 6.08 Å². The lowest BCUT2D eigenvalue weighted by Gasteiger charge is -2.24. The van der Waals surface area contributed by atoms with E-state index in [4.69, 9.17) is 14.8 Å². The minimum absolute atomic E-state index is 0.0515. The predicted octanol–water partition coefficient (Wildman–Crippen LogP) is 11.8. The van der Waals surface area contributed by atoms with E-state index in [2.05, 4.69) is 19.2 Å². The Morgan fingerprint density at radius 3 is 1.43 bits per heavy atom. The van der Waals surface area contributed by atoms with Crippen LogP contribution in [0.15, 0.2) is 12.2 Å². The molecule has 0 aliphatic carbocycles. The molecule has 0 radical (unpaired) electrons. The molecule has 0 saturated heterocycles. The van der Waals surface area contributed by atoms with Crippen LogP contribution in [-0.2, 0) is 18.4 Å². The standard InChI is InChI=1S/C44H89N2O7P/c1-3-5-7-9-11-13-15-17-19-20-21-22-23-25-27-29-31-33-35-41(47)39-44(49)46-42(40-53-54(50,51)52-38-37-45)43(48)36-34-32-30-28-26-24-18-16-14-12-10-8-6-4-2/h34,36,41-43,47-48H,3-33,35,37-40,45H2,1-2H3,(H,46,49)(H,50,51)/b36-34+. The number of hydrogen-bond acceptors (Lipinski definition) is 7. The van der Waals surface area contributed by atoms with Gasteiger partial charge in [-0.25, -0.2) is 4.57 Å². The second kappa shape index (κ2) is 40.4. The number of aliphatic hydroxyl groups is 2. The highest BCUT2D eigenvalue weighted by Crippen LogP contribution is 2.43. The average molecular weight is 789 g/mol. The lowest BCUT2D eigenvalue weighted by Crippen LogP contribution is -2.46. The van der Waals surface area contributed by atoms with Crippen molar-refractivity contribution >= 4 is 13.7 Å². The first-order chi connectivity index (χ1) is 26.3. The molecule has 0 rings (SSSR count). The van der Waals surface area contributed by atoms with Gasteiger partial charge in [-0.2, -0.15) is 0 Å². The van der Waals surface area contributed by atoms with Crippen molar-refractivity contribution in [3.8, 4) is 0 Å². The maximum absolute atomic E-state index is 12.8. The number of nitrogens with one attached hydrogen (secondary N) is 1. The quantitative estimate of drug-likeness (QED) is 0.0233. The summed E-state index contributed by atoms with van der Waals surface area (Å²) in [4.78, 5) is 22.8. The van der Waals surface area contributed by atoms with Crippen LogP contribution in [-0.4, -0.2) is 59.0 Å². The Hall–Kier alpha value is -0.800. The van der Waals surface area contributed by atoms with Crippen molar-refractivity contribution in [1.82, 2.24) is 5.32 Å². The first-order valence-electron chi connectivity index (χ1n) is 22.9. The number of nitrogens with two attached hydrogens (primary N) is 1. The molecule has 0 fully saturated rings. The highest BCUT2D eigenvalue weighted by atomic mass is 31.2. The van der Waals surface area contributed by atoms with Gasteiger partial charge in [-0.1, -0.05) is 212 Å². The first kappa shape index (κ1) is 53.2. The van der Waals surface area contributed by atoms with Gasteiger partial charge in [0, 0.05) is 6.54 Å². The summed E-state index contributed by atoms with van der Waals surface area (Å²) < 4.78 is 22.1. The predicted molar refractivity (Wildman–Crippen MR) is 228 cm³/mol. The van der Waals surface area contributed by atoms with Gasteiger partial charge in [0.05, 0.1) is 37.9 Å². The Labute approximate surface area is 333 Å². The molecule has 4 unspecified atom stereocenters. The molecule has 6 N–H and O–H groups in total. The summed E-state index contributed by atoms with van der Waals surface area (Å²) in [6.07, 6.45) is 41.5. The van der Waals surface area contributed by atoms with E-state index in [9.17, 15) is 24.5 Å². The molecule has 4 atom stereocenters. The van der Waals surface area contributed by atoms with Crippen molar-refractivity contribution in [2.24, 2.45) is 5.73 Å². The van der Waals surface area contributed by atoms with Gasteiger partial charge in [0.15, 0.2) is 0 Å². The fourth-order valence-corrected chi connectivity index (χ4v) is 7.70. The van der Waals surface area contributed by atoms with E-state index < -0.39 is 38.6 Å². The van der Waals surface area contributed by atoms with Gasteiger partial charge < -0.3 is 26.2 Å². The number of allylic oxidation sites excluding steroid dienone is 1. The smallest absolute Gasteiger partial charge is 0.393 e. The zero-order chi connectivity index (χ0) is 39.8. The van der Waals surface area contributed by atoms with Crippen LogP contribution in [0.3, 0.4) is 0 Å². The van der Waals surface area contributed by atoms with Crippen LogP contribution in [0.25, 0.3) is 0 Å². The molecule has 10 heteroatoms. The monoisotopic (exact) mass is 789 g/mol. The van der Waals surface area contributed by atoms with Crippen LogP contribution in [0.4, 0.5) is 0 Å². The van der Waals surface area contributed by atoms with E-state index in [1.807, 2.05) is 6.08 Å². The summed E-state index contributed by atoms with van der Waals surface area (Å²) in [6.45, 7) is 3.99. The Balaban J connectivity index is 4.23. The number of phosphoric ester groups is 1. The minimum atomic E-state index is -4.39. The number of carbonyl (C=O) groups is 1. The minimum Gasteiger partial charge on any atom is -0.393 e. The molecule has 0 aliphatic rings. The Bertz CT molecular complexity index is 878. The molecule has 0 aromatic carbocycles. The Morgan fingerprint density at radius 2 is 1.02 bits per heavy atom. The molecule has 0 aromatic rings. The average Bonchev–Trinajstić information content (AvgIpc) is 3.15. The van der Waals surface area contributed by atoms with Crippen LogP contribution in [0.2, 0.25) is 0 Å². The van der Waals surface area contributed by atoms with Gasteiger partial charge in [0.1, 0.15) is 0 Å². The van der Waals surface area contributed by atoms with Crippen LogP contribution in [0.1, 0.15) is 226 Å². The van der Waals surface area contributed by atoms with Gasteiger partial charge in [0.25, 0.3) is 0 Å². The van der Waals surface area contributed by atoms with E-state index in [0.29, 0.717) is 6.42 Å². The number of unbranched alkanes of at least 4 members (excludes halogenated alkanes) is 29. The third kappa shape index (κ3) is 38.1. The third-order valence-electron chi connectivity index (χ3n) is 10.4. The SMILES string of the molecule is CCCCCCCCCCCCCC/C=C/C(O)C(COP(=O)(O)OCCN)NC(=O)CC(O)CCCCCCCCCCCCCCCCCCCC. The van der Waals surface area contributed by atoms with Crippen molar-refractivity contribution < 1.29 is 33.5 Å². The maximum Gasteiger partial charge on any atom is 0.472 e. The number of amides is 1. The Kier molecular flexibility index (Phi) is 39.8. The van der Waals surface area contributed by atoms with Crippen molar-refractivity contribution in [2.75, 3.05) is 19.8 Å². The second-order valence-corrected chi connectivity index (χ2v) is 17.3. The summed E-state index contributed by atoms with van der Waals surface area (Å²) in [5, 5.41) is 24.1. The van der Waals surface area contributed by atoms with Crippen LogP contribution in [0, 0.1) is 0 Å². The third-order valence-corrected chi connectivity index (χ3v) is 11.4. The topological polar surface area (TPSA) is 151 Å². The summed E-state index contributed by atoms with van der Waals surface area (Å²) in [7, 11) is -4.39. The van der Waals surface area contributed by atoms with Gasteiger partial charge in [0.2, 0.25) is 5.91 Å². The van der Waals surface area contributed by atoms with Gasteiger partial charge in [-0.05, 0) is 19.3 Å². The number of phosphoric acid groups is 1. The summed E-state index contributed by atoms with van der Waals surface area (Å²) in [6, 6.07) is -0.977. The van der Waals surface area contributed by atoms with E-state index >= 15 is 0 Å². The molecule has 322 valence electrons. The molecule has 0 saturated carbocycles. The zero-order valence-corrected chi connectivity index (χ0v) is 36.2. The number of aliphatic hydroxyl groups excluding tert-OH is 2. The summed E-state index contributed by atoms with van der Waals surface area (Å²) in [5.41, 5.74) is 5.36. The van der Waals surface area contributed by atoms with Crippen LogP contribution < -0.4 is 11.1 Å². The molecule has 0 bridgehead atoms. The van der Waals surface area contributed by atoms with Crippen LogP contribution >= 0.6 is 7.82 Å². The second-order valence-electron chi connectivity index (χ2n) is 15.8. The fourth-order valence-electron chi connectivity index (χ4n) is 6.94. The maximum atomic E-state index is 12.8. The van der Waals surface area contributed by atoms with E-state index in [-0.39, 0.29) is 19.6 Å². The van der Waals surface area contributed by atoms with Crippen molar-refractivity contribution in [3.63, 3.8) is 0 Å². The van der Waals surface area contributed by atoms with Crippen molar-refractivity contribution in [1.29, 1.82) is 0 Å². The van der Waals surface area contributed by atoms with E-state index in [1.165, 1.54) is 161 Å². The van der Waals surface area contributed by atoms with Gasteiger partial charge in [-0.15, -0.1) is 0 Å². The van der Waals surface area contributed by atoms with Crippen LogP contribution in [0.5, 0.6) is 0 Å². The first-order valence-corrected chi connectivity index (χ1v) is 24.4. The highest BCUT2D eigenvalue weighted by Gasteiger charge is 2.27. The highest BCUT2D eigenvalue weighted by molar-refractivity contribution is 7.47. The number of hydrogen-bond donors (Lipinski definition) is 5. The molecule has 0 aromatic heterocycles. The molecular weight excluding hydrogens is 699 g/mol. The number of carbonyl (C=O) groups excluding carboxylic acids is 1. The summed E-state index contributed by atoms with van der Waals surface area (Å²) >= 11 is 0. The Morgan fingerprint density at radius 1 is 0.630 bits per heavy atom. The van der Waals surface area contributed by atoms with Crippen molar-refractivity contribution in [2.45, 2.75) is 244 Å². The van der Waals surface area contributed by atoms with Crippen molar-refractivity contribution in [3.05, 3.63) is 12.2 Å². The molecule has 54 heavy (non-hydrogen) atoms. The number of rotatable bonds is 43. The lowest BCUT2D eigenvalue weighted by atomic mass is 10.0. The summed E-state index contributed by atoms with van der Waals surface area (Å²) in [5.74, 6) is -0.442. The van der Waals surface area contributed by atoms with E-state index in [0.717, 1.165) is 38.5 Å². The lowest BCUT2D eigenvalue weighted by molar-refractivity contribution is -0.124.